The first-order chi connectivity index (χ1) is 12.1. The lowest BCUT2D eigenvalue weighted by atomic mass is 10.1. The summed E-state index contributed by atoms with van der Waals surface area (Å²) in [6, 6.07) is 7.83. The molecule has 0 N–H and O–H groups in total. The van der Waals surface area contributed by atoms with Crippen LogP contribution in [0.4, 0.5) is 0 Å². The molecule has 1 fully saturated rings. The lowest BCUT2D eigenvalue weighted by Gasteiger charge is -2.25. The van der Waals surface area contributed by atoms with Gasteiger partial charge >= 0.3 is 0 Å². The molecule has 1 unspecified atom stereocenters. The number of carbonyl (C=O) groups is 2. The van der Waals surface area contributed by atoms with Gasteiger partial charge in [-0.3, -0.25) is 9.59 Å². The molecule has 1 aliphatic rings. The molecule has 3 heterocycles. The zero-order valence-corrected chi connectivity index (χ0v) is 16.0. The average molecular weight is 378 g/mol. The van der Waals surface area contributed by atoms with Crippen molar-refractivity contribution < 1.29 is 14.3 Å². The molecular weight excluding hydrogens is 354 g/mol. The van der Waals surface area contributed by atoms with E-state index in [-0.39, 0.29) is 30.6 Å². The van der Waals surface area contributed by atoms with Gasteiger partial charge in [0.1, 0.15) is 0 Å². The van der Waals surface area contributed by atoms with Crippen molar-refractivity contribution in [3.8, 4) is 0 Å². The van der Waals surface area contributed by atoms with E-state index in [4.69, 9.17) is 4.74 Å². The number of hydrogen-bond donors (Lipinski definition) is 0. The predicted molar refractivity (Wildman–Crippen MR) is 101 cm³/mol. The minimum Gasteiger partial charge on any atom is -0.376 e. The van der Waals surface area contributed by atoms with Crippen LogP contribution in [0.25, 0.3) is 0 Å². The Kier molecular flexibility index (Phi) is 6.39. The van der Waals surface area contributed by atoms with E-state index in [0.717, 1.165) is 34.1 Å². The van der Waals surface area contributed by atoms with Crippen molar-refractivity contribution in [1.82, 2.24) is 4.90 Å². The second kappa shape index (κ2) is 8.74. The molecule has 0 aromatic carbocycles. The standard InChI is InChI=1S/C19H23NO3S2/c1-14-6-8-18(25-14)17(21)7-9-19(22)20(12-15-4-2-10-23-15)13-16-5-3-11-24-16/h3,5-6,8,11,15H,2,4,7,9-10,12-13H2,1H3. The molecule has 3 rings (SSSR count). The summed E-state index contributed by atoms with van der Waals surface area (Å²) >= 11 is 3.14. The van der Waals surface area contributed by atoms with Crippen molar-refractivity contribution in [2.75, 3.05) is 13.2 Å². The highest BCUT2D eigenvalue weighted by Crippen LogP contribution is 2.20. The van der Waals surface area contributed by atoms with Crippen molar-refractivity contribution in [3.05, 3.63) is 44.3 Å². The molecule has 0 saturated carbocycles. The number of ketones is 1. The summed E-state index contributed by atoms with van der Waals surface area (Å²) in [6.45, 7) is 3.98. The molecule has 4 nitrogen and oxygen atoms in total. The molecule has 1 saturated heterocycles. The minimum absolute atomic E-state index is 0.0329. The third-order valence-corrected chi connectivity index (χ3v) is 6.21. The maximum absolute atomic E-state index is 12.7. The number of hydrogen-bond acceptors (Lipinski definition) is 5. The Bertz CT molecular complexity index is 702. The molecule has 0 radical (unpaired) electrons. The van der Waals surface area contributed by atoms with Crippen LogP contribution in [-0.4, -0.2) is 35.8 Å². The van der Waals surface area contributed by atoms with Gasteiger partial charge in [-0.2, -0.15) is 0 Å². The van der Waals surface area contributed by atoms with Crippen molar-refractivity contribution in [1.29, 1.82) is 0 Å². The SMILES string of the molecule is Cc1ccc(C(=O)CCC(=O)N(Cc2cccs2)CC2CCCO2)s1. The number of nitrogens with zero attached hydrogens (tertiary/aromatic N) is 1. The summed E-state index contributed by atoms with van der Waals surface area (Å²) in [5, 5.41) is 2.02. The summed E-state index contributed by atoms with van der Waals surface area (Å²) in [4.78, 5) is 29.9. The number of carbonyl (C=O) groups excluding carboxylic acids is 2. The molecule has 0 bridgehead atoms. The van der Waals surface area contributed by atoms with E-state index in [9.17, 15) is 9.59 Å². The van der Waals surface area contributed by atoms with Crippen LogP contribution < -0.4 is 0 Å². The third kappa shape index (κ3) is 5.23. The first-order valence-corrected chi connectivity index (χ1v) is 10.3. The number of thiophene rings is 2. The van der Waals surface area contributed by atoms with E-state index in [0.29, 0.717) is 13.1 Å². The number of amides is 1. The molecule has 25 heavy (non-hydrogen) atoms. The van der Waals surface area contributed by atoms with Crippen LogP contribution in [-0.2, 0) is 16.1 Å². The zero-order valence-electron chi connectivity index (χ0n) is 14.4. The van der Waals surface area contributed by atoms with Gasteiger partial charge in [-0.05, 0) is 43.3 Å². The van der Waals surface area contributed by atoms with E-state index < -0.39 is 0 Å². The van der Waals surface area contributed by atoms with Gasteiger partial charge in [0, 0.05) is 35.7 Å². The van der Waals surface area contributed by atoms with Gasteiger partial charge in [0.25, 0.3) is 0 Å². The Hall–Kier alpha value is -1.50. The summed E-state index contributed by atoms with van der Waals surface area (Å²) in [5.41, 5.74) is 0. The first-order valence-electron chi connectivity index (χ1n) is 8.63. The van der Waals surface area contributed by atoms with Crippen LogP contribution >= 0.6 is 22.7 Å². The van der Waals surface area contributed by atoms with Gasteiger partial charge in [0.05, 0.1) is 17.5 Å². The van der Waals surface area contributed by atoms with Crippen LogP contribution in [0.3, 0.4) is 0 Å². The first kappa shape index (κ1) is 18.3. The minimum atomic E-state index is 0.0329. The van der Waals surface area contributed by atoms with Crippen molar-refractivity contribution in [3.63, 3.8) is 0 Å². The van der Waals surface area contributed by atoms with Crippen LogP contribution in [0.15, 0.2) is 29.6 Å². The van der Waals surface area contributed by atoms with E-state index >= 15 is 0 Å². The molecule has 1 aliphatic heterocycles. The summed E-state index contributed by atoms with van der Waals surface area (Å²) in [6.07, 6.45) is 2.71. The van der Waals surface area contributed by atoms with Gasteiger partial charge in [0.2, 0.25) is 5.91 Å². The second-order valence-corrected chi connectivity index (χ2v) is 8.64. The molecule has 2 aromatic rings. The summed E-state index contributed by atoms with van der Waals surface area (Å²) in [7, 11) is 0. The van der Waals surface area contributed by atoms with Crippen LogP contribution in [0.1, 0.15) is 45.1 Å². The van der Waals surface area contributed by atoms with Crippen molar-refractivity contribution >= 4 is 34.4 Å². The quantitative estimate of drug-likeness (QED) is 0.645. The largest absolute Gasteiger partial charge is 0.376 e. The van der Waals surface area contributed by atoms with E-state index in [1.54, 1.807) is 11.3 Å². The van der Waals surface area contributed by atoms with Crippen LogP contribution in [0.2, 0.25) is 0 Å². The van der Waals surface area contributed by atoms with E-state index in [1.165, 1.54) is 11.3 Å². The Morgan fingerprint density at radius 2 is 2.16 bits per heavy atom. The molecule has 2 aromatic heterocycles. The van der Waals surface area contributed by atoms with Crippen LogP contribution in [0.5, 0.6) is 0 Å². The Balaban J connectivity index is 1.58. The maximum Gasteiger partial charge on any atom is 0.223 e. The fourth-order valence-electron chi connectivity index (χ4n) is 2.97. The Labute approximate surface area is 156 Å². The normalized spacial score (nSPS) is 16.9. The smallest absolute Gasteiger partial charge is 0.223 e. The highest BCUT2D eigenvalue weighted by Gasteiger charge is 2.23. The number of Topliss-reactive ketones (excluding diaryl/α,β-unsaturated/α-hetero) is 1. The molecule has 6 heteroatoms. The van der Waals surface area contributed by atoms with Gasteiger partial charge < -0.3 is 9.64 Å². The number of rotatable bonds is 8. The monoisotopic (exact) mass is 377 g/mol. The van der Waals surface area contributed by atoms with Crippen molar-refractivity contribution in [2.24, 2.45) is 0 Å². The number of ether oxygens (including phenoxy) is 1. The number of aryl methyl sites for hydroxylation is 1. The van der Waals surface area contributed by atoms with E-state index in [2.05, 4.69) is 0 Å². The van der Waals surface area contributed by atoms with Gasteiger partial charge in [-0.15, -0.1) is 22.7 Å². The van der Waals surface area contributed by atoms with E-state index in [1.807, 2.05) is 41.5 Å². The Morgan fingerprint density at radius 1 is 1.28 bits per heavy atom. The van der Waals surface area contributed by atoms with Crippen LogP contribution in [0, 0.1) is 6.92 Å². The topological polar surface area (TPSA) is 46.6 Å². The summed E-state index contributed by atoms with van der Waals surface area (Å²) in [5.74, 6) is 0.0881. The highest BCUT2D eigenvalue weighted by atomic mass is 32.1. The second-order valence-electron chi connectivity index (χ2n) is 6.32. The predicted octanol–water partition coefficient (Wildman–Crippen LogP) is 4.29. The van der Waals surface area contributed by atoms with Crippen molar-refractivity contribution in [2.45, 2.75) is 45.3 Å². The fraction of sp³-hybridized carbons (Fsp3) is 0.474. The van der Waals surface area contributed by atoms with Gasteiger partial charge in [0.15, 0.2) is 5.78 Å². The zero-order chi connectivity index (χ0) is 17.6. The Morgan fingerprint density at radius 3 is 2.80 bits per heavy atom. The maximum atomic E-state index is 12.7. The molecule has 0 aliphatic carbocycles. The lowest BCUT2D eigenvalue weighted by Crippen LogP contribution is -2.36. The average Bonchev–Trinajstić information content (AvgIpc) is 3.34. The molecule has 134 valence electrons. The fourth-order valence-corrected chi connectivity index (χ4v) is 4.52. The highest BCUT2D eigenvalue weighted by molar-refractivity contribution is 7.14. The molecule has 0 spiro atoms. The molecular formula is C19H23NO3S2. The van der Waals surface area contributed by atoms with Gasteiger partial charge in [-0.1, -0.05) is 6.07 Å². The molecule has 1 amide bonds. The summed E-state index contributed by atoms with van der Waals surface area (Å²) < 4.78 is 5.69. The lowest BCUT2D eigenvalue weighted by molar-refractivity contribution is -0.133. The molecule has 1 atom stereocenters. The van der Waals surface area contributed by atoms with Gasteiger partial charge in [-0.25, -0.2) is 0 Å². The third-order valence-electron chi connectivity index (χ3n) is 4.31.